The second-order valence-corrected chi connectivity index (χ2v) is 4.75. The zero-order valence-electron chi connectivity index (χ0n) is 11.1. The molecule has 0 unspecified atom stereocenters. The Morgan fingerprint density at radius 2 is 2.05 bits per heavy atom. The van der Waals surface area contributed by atoms with Crippen LogP contribution in [0.1, 0.15) is 5.82 Å². The van der Waals surface area contributed by atoms with Gasteiger partial charge in [-0.05, 0) is 34.1 Å². The molecule has 2 aromatic rings. The smallest absolute Gasteiger partial charge is 0.132 e. The molecule has 0 aliphatic carbocycles. The van der Waals surface area contributed by atoms with Gasteiger partial charge in [0.1, 0.15) is 21.9 Å². The van der Waals surface area contributed by atoms with E-state index >= 15 is 0 Å². The number of rotatable bonds is 4. The lowest BCUT2D eigenvalue weighted by Gasteiger charge is -2.12. The topological polar surface area (TPSA) is 62.3 Å². The van der Waals surface area contributed by atoms with Gasteiger partial charge >= 0.3 is 0 Å². The van der Waals surface area contributed by atoms with Gasteiger partial charge < -0.3 is 19.8 Å². The summed E-state index contributed by atoms with van der Waals surface area (Å²) >= 11 is 3.47. The van der Waals surface area contributed by atoms with Gasteiger partial charge in [0.25, 0.3) is 0 Å². The molecular weight excluding hydrogens is 310 g/mol. The SMILES string of the molecule is COc1ccc(OC)c(-c2c(Br)nc(CN)n2C)c1. The summed E-state index contributed by atoms with van der Waals surface area (Å²) in [6.07, 6.45) is 0. The van der Waals surface area contributed by atoms with Crippen molar-refractivity contribution in [1.82, 2.24) is 9.55 Å². The molecule has 1 heterocycles. The van der Waals surface area contributed by atoms with Gasteiger partial charge in [0.2, 0.25) is 0 Å². The number of imidazole rings is 1. The lowest BCUT2D eigenvalue weighted by Crippen LogP contribution is -2.05. The van der Waals surface area contributed by atoms with Crippen molar-refractivity contribution in [2.75, 3.05) is 14.2 Å². The first kappa shape index (κ1) is 13.9. The molecule has 19 heavy (non-hydrogen) atoms. The van der Waals surface area contributed by atoms with Crippen LogP contribution in [0, 0.1) is 0 Å². The fourth-order valence-corrected chi connectivity index (χ4v) is 2.67. The van der Waals surface area contributed by atoms with Gasteiger partial charge in [-0.25, -0.2) is 4.98 Å². The van der Waals surface area contributed by atoms with Crippen LogP contribution >= 0.6 is 15.9 Å². The summed E-state index contributed by atoms with van der Waals surface area (Å²) in [5.74, 6) is 2.32. The number of methoxy groups -OCH3 is 2. The van der Waals surface area contributed by atoms with Gasteiger partial charge in [0.15, 0.2) is 0 Å². The second-order valence-electron chi connectivity index (χ2n) is 4.00. The summed E-state index contributed by atoms with van der Waals surface area (Å²) in [6, 6.07) is 5.65. The van der Waals surface area contributed by atoms with Gasteiger partial charge in [0, 0.05) is 12.6 Å². The number of nitrogens with two attached hydrogens (primary N) is 1. The maximum Gasteiger partial charge on any atom is 0.132 e. The molecule has 1 aromatic carbocycles. The van der Waals surface area contributed by atoms with E-state index in [1.165, 1.54) is 0 Å². The van der Waals surface area contributed by atoms with Crippen molar-refractivity contribution >= 4 is 15.9 Å². The van der Waals surface area contributed by atoms with Crippen LogP contribution in [-0.4, -0.2) is 23.8 Å². The van der Waals surface area contributed by atoms with Crippen LogP contribution in [0.4, 0.5) is 0 Å². The minimum absolute atomic E-state index is 0.376. The molecule has 102 valence electrons. The number of nitrogens with zero attached hydrogens (tertiary/aromatic N) is 2. The van der Waals surface area contributed by atoms with Crippen molar-refractivity contribution in [2.45, 2.75) is 6.54 Å². The molecule has 0 fully saturated rings. The third-order valence-corrected chi connectivity index (χ3v) is 3.54. The highest BCUT2D eigenvalue weighted by Gasteiger charge is 2.18. The lowest BCUT2D eigenvalue weighted by molar-refractivity contribution is 0.404. The van der Waals surface area contributed by atoms with Crippen LogP contribution in [0.15, 0.2) is 22.8 Å². The molecule has 5 nitrogen and oxygen atoms in total. The number of aromatic nitrogens is 2. The largest absolute Gasteiger partial charge is 0.497 e. The molecule has 0 spiro atoms. The normalized spacial score (nSPS) is 10.6. The average molecular weight is 326 g/mol. The molecule has 0 amide bonds. The van der Waals surface area contributed by atoms with E-state index in [-0.39, 0.29) is 0 Å². The molecule has 0 bridgehead atoms. The van der Waals surface area contributed by atoms with E-state index in [1.807, 2.05) is 29.8 Å². The summed E-state index contributed by atoms with van der Waals surface area (Å²) in [5.41, 5.74) is 7.50. The molecule has 0 radical (unpaired) electrons. The van der Waals surface area contributed by atoms with E-state index in [4.69, 9.17) is 15.2 Å². The molecule has 6 heteroatoms. The zero-order chi connectivity index (χ0) is 14.0. The van der Waals surface area contributed by atoms with E-state index < -0.39 is 0 Å². The minimum atomic E-state index is 0.376. The van der Waals surface area contributed by atoms with Gasteiger partial charge in [0.05, 0.1) is 26.5 Å². The van der Waals surface area contributed by atoms with E-state index in [2.05, 4.69) is 20.9 Å². The van der Waals surface area contributed by atoms with Crippen molar-refractivity contribution < 1.29 is 9.47 Å². The molecule has 0 aliphatic rings. The van der Waals surface area contributed by atoms with Crippen LogP contribution < -0.4 is 15.2 Å². The molecule has 1 aromatic heterocycles. The van der Waals surface area contributed by atoms with Crippen LogP contribution in [0.25, 0.3) is 11.3 Å². The third-order valence-electron chi connectivity index (χ3n) is 2.99. The summed E-state index contributed by atoms with van der Waals surface area (Å²) in [7, 11) is 5.20. The zero-order valence-corrected chi connectivity index (χ0v) is 12.7. The van der Waals surface area contributed by atoms with E-state index in [9.17, 15) is 0 Å². The predicted molar refractivity (Wildman–Crippen MR) is 77.3 cm³/mol. The fraction of sp³-hybridized carbons (Fsp3) is 0.308. The lowest BCUT2D eigenvalue weighted by atomic mass is 10.1. The Labute approximate surface area is 120 Å². The van der Waals surface area contributed by atoms with E-state index in [1.54, 1.807) is 14.2 Å². The van der Waals surface area contributed by atoms with Crippen LogP contribution in [0.5, 0.6) is 11.5 Å². The first-order valence-electron chi connectivity index (χ1n) is 5.76. The van der Waals surface area contributed by atoms with E-state index in [0.717, 1.165) is 33.2 Å². The monoisotopic (exact) mass is 325 g/mol. The summed E-state index contributed by atoms with van der Waals surface area (Å²) in [5, 5.41) is 0. The highest BCUT2D eigenvalue weighted by molar-refractivity contribution is 9.10. The van der Waals surface area contributed by atoms with Crippen LogP contribution in [0.2, 0.25) is 0 Å². The Hall–Kier alpha value is -1.53. The maximum absolute atomic E-state index is 5.68. The highest BCUT2D eigenvalue weighted by Crippen LogP contribution is 2.37. The molecule has 0 aliphatic heterocycles. The van der Waals surface area contributed by atoms with Gasteiger partial charge in [-0.2, -0.15) is 0 Å². The molecule has 2 rings (SSSR count). The second kappa shape index (κ2) is 5.63. The highest BCUT2D eigenvalue weighted by atomic mass is 79.9. The number of halogens is 1. The molecule has 2 N–H and O–H groups in total. The Balaban J connectivity index is 2.66. The van der Waals surface area contributed by atoms with Gasteiger partial charge in [-0.3, -0.25) is 0 Å². The standard InChI is InChI=1S/C13H16BrN3O2/c1-17-11(7-15)16-13(14)12(17)9-6-8(18-2)4-5-10(9)19-3/h4-6H,7,15H2,1-3H3. The Kier molecular flexibility index (Phi) is 4.11. The van der Waals surface area contributed by atoms with Crippen LogP contribution in [-0.2, 0) is 13.6 Å². The first-order chi connectivity index (χ1) is 9.12. The van der Waals surface area contributed by atoms with Gasteiger partial charge in [-0.15, -0.1) is 0 Å². The third kappa shape index (κ3) is 2.46. The number of hydrogen-bond acceptors (Lipinski definition) is 4. The van der Waals surface area contributed by atoms with Crippen LogP contribution in [0.3, 0.4) is 0 Å². The van der Waals surface area contributed by atoms with E-state index in [0.29, 0.717) is 6.54 Å². The van der Waals surface area contributed by atoms with Crippen molar-refractivity contribution in [1.29, 1.82) is 0 Å². The predicted octanol–water partition coefficient (Wildman–Crippen LogP) is 2.33. The Morgan fingerprint density at radius 1 is 1.32 bits per heavy atom. The van der Waals surface area contributed by atoms with Crippen molar-refractivity contribution in [3.8, 4) is 22.8 Å². The maximum atomic E-state index is 5.68. The molecule has 0 atom stereocenters. The minimum Gasteiger partial charge on any atom is -0.497 e. The summed E-state index contributed by atoms with van der Waals surface area (Å²) in [4.78, 5) is 4.39. The van der Waals surface area contributed by atoms with Crippen molar-refractivity contribution in [3.05, 3.63) is 28.6 Å². The van der Waals surface area contributed by atoms with Crippen molar-refractivity contribution in [2.24, 2.45) is 12.8 Å². The van der Waals surface area contributed by atoms with Crippen molar-refractivity contribution in [3.63, 3.8) is 0 Å². The number of ether oxygens (including phenoxy) is 2. The molecule has 0 saturated carbocycles. The number of benzene rings is 1. The fourth-order valence-electron chi connectivity index (χ4n) is 1.98. The Bertz CT molecular complexity index is 596. The average Bonchev–Trinajstić information content (AvgIpc) is 2.72. The first-order valence-corrected chi connectivity index (χ1v) is 6.55. The number of hydrogen-bond donors (Lipinski definition) is 1. The Morgan fingerprint density at radius 3 is 2.58 bits per heavy atom. The van der Waals surface area contributed by atoms with Gasteiger partial charge in [-0.1, -0.05) is 0 Å². The summed E-state index contributed by atoms with van der Waals surface area (Å²) < 4.78 is 13.4. The summed E-state index contributed by atoms with van der Waals surface area (Å²) in [6.45, 7) is 0.376. The quantitative estimate of drug-likeness (QED) is 0.937. The molecule has 0 saturated heterocycles. The molecular formula is C13H16BrN3O2.